The average molecular weight is 338 g/mol. The predicted molar refractivity (Wildman–Crippen MR) is 99.3 cm³/mol. The maximum absolute atomic E-state index is 12.5. The highest BCUT2D eigenvalue weighted by molar-refractivity contribution is 5.78. The number of likely N-dealkylation sites (tertiary alicyclic amines) is 1. The second-order valence-corrected chi connectivity index (χ2v) is 6.77. The largest absolute Gasteiger partial charge is 0.508 e. The zero-order chi connectivity index (χ0) is 17.5. The molecular weight excluding hydrogens is 312 g/mol. The third-order valence-electron chi connectivity index (χ3n) is 4.77. The monoisotopic (exact) mass is 338 g/mol. The van der Waals surface area contributed by atoms with Gasteiger partial charge in [0.15, 0.2) is 0 Å². The lowest BCUT2D eigenvalue weighted by molar-refractivity contribution is -0.126. The van der Waals surface area contributed by atoms with Crippen molar-refractivity contribution < 1.29 is 9.90 Å². The van der Waals surface area contributed by atoms with E-state index < -0.39 is 0 Å². The van der Waals surface area contributed by atoms with Crippen LogP contribution in [-0.2, 0) is 17.8 Å². The van der Waals surface area contributed by atoms with Crippen LogP contribution in [0, 0.1) is 5.92 Å². The summed E-state index contributed by atoms with van der Waals surface area (Å²) >= 11 is 0. The molecule has 0 bridgehead atoms. The van der Waals surface area contributed by atoms with E-state index in [0.29, 0.717) is 6.54 Å². The molecule has 0 aliphatic carbocycles. The van der Waals surface area contributed by atoms with Gasteiger partial charge in [-0.2, -0.15) is 0 Å². The van der Waals surface area contributed by atoms with Crippen LogP contribution in [0.5, 0.6) is 5.75 Å². The molecule has 1 amide bonds. The van der Waals surface area contributed by atoms with Crippen molar-refractivity contribution in [3.8, 4) is 5.75 Å². The molecule has 0 radical (unpaired) electrons. The SMILES string of the molecule is O=C(NCCc1ccc(O)cc1)C1CCCN(Cc2ccccc2)C1. The van der Waals surface area contributed by atoms with Gasteiger partial charge in [0.1, 0.15) is 5.75 Å². The van der Waals surface area contributed by atoms with E-state index in [-0.39, 0.29) is 17.6 Å². The number of piperidine rings is 1. The highest BCUT2D eigenvalue weighted by atomic mass is 16.3. The average Bonchev–Trinajstić information content (AvgIpc) is 2.64. The molecule has 2 N–H and O–H groups in total. The standard InChI is InChI=1S/C21H26N2O2/c24-20-10-8-17(9-11-20)12-13-22-21(25)19-7-4-14-23(16-19)15-18-5-2-1-3-6-18/h1-3,5-6,8-11,19,24H,4,7,12-16H2,(H,22,25). The summed E-state index contributed by atoms with van der Waals surface area (Å²) in [5, 5.41) is 12.4. The Morgan fingerprint density at radius 3 is 2.60 bits per heavy atom. The van der Waals surface area contributed by atoms with Crippen molar-refractivity contribution in [1.82, 2.24) is 10.2 Å². The van der Waals surface area contributed by atoms with Gasteiger partial charge in [-0.1, -0.05) is 42.5 Å². The molecule has 4 nitrogen and oxygen atoms in total. The first-order chi connectivity index (χ1) is 12.2. The van der Waals surface area contributed by atoms with Crippen molar-refractivity contribution in [2.75, 3.05) is 19.6 Å². The van der Waals surface area contributed by atoms with E-state index in [9.17, 15) is 9.90 Å². The minimum Gasteiger partial charge on any atom is -0.508 e. The second kappa shape index (κ2) is 8.67. The van der Waals surface area contributed by atoms with E-state index in [1.807, 2.05) is 18.2 Å². The summed E-state index contributed by atoms with van der Waals surface area (Å²) in [6.45, 7) is 3.45. The number of nitrogens with zero attached hydrogens (tertiary/aromatic N) is 1. The van der Waals surface area contributed by atoms with Gasteiger partial charge < -0.3 is 10.4 Å². The van der Waals surface area contributed by atoms with Crippen molar-refractivity contribution in [1.29, 1.82) is 0 Å². The molecule has 4 heteroatoms. The van der Waals surface area contributed by atoms with Crippen molar-refractivity contribution in [2.24, 2.45) is 5.92 Å². The molecule has 1 fully saturated rings. The van der Waals surface area contributed by atoms with E-state index in [1.54, 1.807) is 12.1 Å². The van der Waals surface area contributed by atoms with Crippen LogP contribution in [0.15, 0.2) is 54.6 Å². The maximum atomic E-state index is 12.5. The van der Waals surface area contributed by atoms with Gasteiger partial charge in [0.05, 0.1) is 5.92 Å². The molecule has 1 aliphatic rings. The Balaban J connectivity index is 1.44. The number of amides is 1. The number of benzene rings is 2. The molecule has 0 saturated carbocycles. The first kappa shape index (κ1) is 17.5. The van der Waals surface area contributed by atoms with Gasteiger partial charge in [-0.05, 0) is 49.1 Å². The smallest absolute Gasteiger partial charge is 0.224 e. The van der Waals surface area contributed by atoms with Gasteiger partial charge in [0, 0.05) is 19.6 Å². The third kappa shape index (κ3) is 5.33. The Labute approximate surface area is 149 Å². The van der Waals surface area contributed by atoms with Crippen LogP contribution in [0.1, 0.15) is 24.0 Å². The van der Waals surface area contributed by atoms with Gasteiger partial charge in [-0.25, -0.2) is 0 Å². The molecule has 2 aromatic carbocycles. The van der Waals surface area contributed by atoms with E-state index >= 15 is 0 Å². The van der Waals surface area contributed by atoms with E-state index in [2.05, 4.69) is 34.5 Å². The van der Waals surface area contributed by atoms with Crippen LogP contribution in [0.3, 0.4) is 0 Å². The molecule has 25 heavy (non-hydrogen) atoms. The van der Waals surface area contributed by atoms with E-state index in [1.165, 1.54) is 5.56 Å². The number of phenols is 1. The minimum absolute atomic E-state index is 0.0808. The van der Waals surface area contributed by atoms with Crippen molar-refractivity contribution in [2.45, 2.75) is 25.8 Å². The zero-order valence-electron chi connectivity index (χ0n) is 14.5. The number of nitrogens with one attached hydrogen (secondary N) is 1. The molecule has 1 atom stereocenters. The van der Waals surface area contributed by atoms with Crippen LogP contribution in [0.2, 0.25) is 0 Å². The third-order valence-corrected chi connectivity index (χ3v) is 4.77. The van der Waals surface area contributed by atoms with Gasteiger partial charge in [-0.3, -0.25) is 9.69 Å². The van der Waals surface area contributed by atoms with Crippen LogP contribution >= 0.6 is 0 Å². The number of phenolic OH excluding ortho intramolecular Hbond substituents is 1. The highest BCUT2D eigenvalue weighted by Crippen LogP contribution is 2.19. The molecule has 0 aromatic heterocycles. The molecular formula is C21H26N2O2. The molecule has 3 rings (SSSR count). The minimum atomic E-state index is 0.0808. The van der Waals surface area contributed by atoms with Crippen molar-refractivity contribution >= 4 is 5.91 Å². The number of hydrogen-bond donors (Lipinski definition) is 2. The van der Waals surface area contributed by atoms with Crippen molar-refractivity contribution in [3.63, 3.8) is 0 Å². The fourth-order valence-electron chi connectivity index (χ4n) is 3.39. The van der Waals surface area contributed by atoms with E-state index in [0.717, 1.165) is 44.5 Å². The Hall–Kier alpha value is -2.33. The van der Waals surface area contributed by atoms with Gasteiger partial charge in [0.25, 0.3) is 0 Å². The summed E-state index contributed by atoms with van der Waals surface area (Å²) < 4.78 is 0. The van der Waals surface area contributed by atoms with Crippen molar-refractivity contribution in [3.05, 3.63) is 65.7 Å². The highest BCUT2D eigenvalue weighted by Gasteiger charge is 2.25. The summed E-state index contributed by atoms with van der Waals surface area (Å²) in [5.74, 6) is 0.516. The van der Waals surface area contributed by atoms with Gasteiger partial charge in [-0.15, -0.1) is 0 Å². The number of aromatic hydroxyl groups is 1. The fourth-order valence-corrected chi connectivity index (χ4v) is 3.39. The van der Waals surface area contributed by atoms with Gasteiger partial charge in [0.2, 0.25) is 5.91 Å². The Kier molecular flexibility index (Phi) is 6.07. The van der Waals surface area contributed by atoms with Crippen LogP contribution in [0.4, 0.5) is 0 Å². The van der Waals surface area contributed by atoms with Crippen LogP contribution in [0.25, 0.3) is 0 Å². The Morgan fingerprint density at radius 2 is 1.84 bits per heavy atom. The first-order valence-corrected chi connectivity index (χ1v) is 9.02. The lowest BCUT2D eigenvalue weighted by Gasteiger charge is -2.32. The Bertz CT molecular complexity index is 670. The predicted octanol–water partition coefficient (Wildman–Crippen LogP) is 2.96. The molecule has 2 aromatic rings. The fraction of sp³-hybridized carbons (Fsp3) is 0.381. The molecule has 1 unspecified atom stereocenters. The maximum Gasteiger partial charge on any atom is 0.224 e. The molecule has 0 spiro atoms. The number of carbonyl (C=O) groups is 1. The zero-order valence-corrected chi connectivity index (χ0v) is 14.5. The second-order valence-electron chi connectivity index (χ2n) is 6.77. The first-order valence-electron chi connectivity index (χ1n) is 9.02. The van der Waals surface area contributed by atoms with E-state index in [4.69, 9.17) is 0 Å². The normalized spacial score (nSPS) is 18.0. The summed E-state index contributed by atoms with van der Waals surface area (Å²) in [6.07, 6.45) is 2.83. The van der Waals surface area contributed by atoms with Crippen LogP contribution < -0.4 is 5.32 Å². The summed E-state index contributed by atoms with van der Waals surface area (Å²) in [5.41, 5.74) is 2.42. The molecule has 132 valence electrons. The topological polar surface area (TPSA) is 52.6 Å². The molecule has 1 aliphatic heterocycles. The Morgan fingerprint density at radius 1 is 1.08 bits per heavy atom. The number of hydrogen-bond acceptors (Lipinski definition) is 3. The quantitative estimate of drug-likeness (QED) is 0.851. The summed E-state index contributed by atoms with van der Waals surface area (Å²) in [7, 11) is 0. The lowest BCUT2D eigenvalue weighted by atomic mass is 9.96. The summed E-state index contributed by atoms with van der Waals surface area (Å²) in [4.78, 5) is 14.8. The molecule has 1 saturated heterocycles. The number of rotatable bonds is 6. The summed E-state index contributed by atoms with van der Waals surface area (Å²) in [6, 6.07) is 17.6. The number of carbonyl (C=O) groups excluding carboxylic acids is 1. The lowest BCUT2D eigenvalue weighted by Crippen LogP contribution is -2.43. The van der Waals surface area contributed by atoms with Crippen LogP contribution in [-0.4, -0.2) is 35.5 Å². The molecule has 1 heterocycles. The van der Waals surface area contributed by atoms with Gasteiger partial charge >= 0.3 is 0 Å².